The second-order valence-electron chi connectivity index (χ2n) is 9.89. The zero-order valence-electron chi connectivity index (χ0n) is 23.6. The molecule has 41 heavy (non-hydrogen) atoms. The van der Waals surface area contributed by atoms with Crippen molar-refractivity contribution in [2.75, 3.05) is 25.0 Å². The third kappa shape index (κ3) is 9.49. The Labute approximate surface area is 240 Å². The Kier molecular flexibility index (Phi) is 11.1. The number of nitrogens with one attached hydrogen (secondary N) is 2. The standard InChI is InChI=1S/C30H36FN3O6S/c1-21(2)17-18-32-30(36)22(3)34(19-23-5-11-26(39-4)12-6-23)29(35)20-40-27-13-15-28(16-14-27)41(37,38)33-25-9-7-24(31)8-10-25/h5-16,21-22,33H,17-20H2,1-4H3,(H,32,36)/t22-/m1/s1. The number of hydrogen-bond donors (Lipinski definition) is 2. The number of carbonyl (C=O) groups excluding carboxylic acids is 2. The number of hydrogen-bond acceptors (Lipinski definition) is 6. The number of nitrogens with zero attached hydrogens (tertiary/aromatic N) is 1. The lowest BCUT2D eigenvalue weighted by Crippen LogP contribution is -2.49. The van der Waals surface area contributed by atoms with Gasteiger partial charge >= 0.3 is 0 Å². The fourth-order valence-corrected chi connectivity index (χ4v) is 4.88. The van der Waals surface area contributed by atoms with Gasteiger partial charge in [-0.1, -0.05) is 26.0 Å². The summed E-state index contributed by atoms with van der Waals surface area (Å²) in [5.41, 5.74) is 1.03. The molecule has 0 aromatic heterocycles. The van der Waals surface area contributed by atoms with Crippen molar-refractivity contribution < 1.29 is 31.9 Å². The van der Waals surface area contributed by atoms with Gasteiger partial charge in [-0.05, 0) is 85.5 Å². The van der Waals surface area contributed by atoms with Crippen molar-refractivity contribution in [3.63, 3.8) is 0 Å². The molecule has 0 radical (unpaired) electrons. The fourth-order valence-electron chi connectivity index (χ4n) is 3.82. The molecule has 0 bridgehead atoms. The highest BCUT2D eigenvalue weighted by Crippen LogP contribution is 2.20. The van der Waals surface area contributed by atoms with Gasteiger partial charge in [0.05, 0.1) is 12.0 Å². The Morgan fingerprint density at radius 1 is 0.902 bits per heavy atom. The van der Waals surface area contributed by atoms with Crippen molar-refractivity contribution in [3.8, 4) is 11.5 Å². The average Bonchev–Trinajstić information content (AvgIpc) is 2.95. The Bertz CT molecular complexity index is 1400. The second-order valence-corrected chi connectivity index (χ2v) is 11.6. The zero-order chi connectivity index (χ0) is 30.0. The highest BCUT2D eigenvalue weighted by atomic mass is 32.2. The minimum atomic E-state index is -3.92. The third-order valence-corrected chi connectivity index (χ3v) is 7.69. The average molecular weight is 586 g/mol. The molecule has 0 unspecified atom stereocenters. The number of ether oxygens (including phenoxy) is 2. The van der Waals surface area contributed by atoms with Crippen molar-refractivity contribution in [1.82, 2.24) is 10.2 Å². The van der Waals surface area contributed by atoms with Crippen LogP contribution in [0.25, 0.3) is 0 Å². The maximum absolute atomic E-state index is 13.3. The lowest BCUT2D eigenvalue weighted by molar-refractivity contribution is -0.142. The summed E-state index contributed by atoms with van der Waals surface area (Å²) < 4.78 is 51.7. The van der Waals surface area contributed by atoms with E-state index in [9.17, 15) is 22.4 Å². The maximum Gasteiger partial charge on any atom is 0.261 e. The van der Waals surface area contributed by atoms with Gasteiger partial charge < -0.3 is 19.7 Å². The van der Waals surface area contributed by atoms with Crippen LogP contribution >= 0.6 is 0 Å². The van der Waals surface area contributed by atoms with E-state index in [-0.39, 0.29) is 35.4 Å². The topological polar surface area (TPSA) is 114 Å². The summed E-state index contributed by atoms with van der Waals surface area (Å²) in [5.74, 6) is 0.215. The molecule has 3 aromatic carbocycles. The van der Waals surface area contributed by atoms with Crippen LogP contribution < -0.4 is 19.5 Å². The summed E-state index contributed by atoms with van der Waals surface area (Å²) in [6, 6.07) is 16.9. The minimum absolute atomic E-state index is 0.0340. The first-order valence-electron chi connectivity index (χ1n) is 13.2. The van der Waals surface area contributed by atoms with Gasteiger partial charge in [0.15, 0.2) is 6.61 Å². The van der Waals surface area contributed by atoms with Gasteiger partial charge in [0.2, 0.25) is 5.91 Å². The van der Waals surface area contributed by atoms with E-state index in [0.717, 1.165) is 24.1 Å². The highest BCUT2D eigenvalue weighted by Gasteiger charge is 2.26. The molecule has 220 valence electrons. The van der Waals surface area contributed by atoms with Crippen LogP contribution in [0, 0.1) is 11.7 Å². The molecule has 0 aliphatic rings. The number of halogens is 1. The van der Waals surface area contributed by atoms with Gasteiger partial charge in [-0.25, -0.2) is 12.8 Å². The van der Waals surface area contributed by atoms with Gasteiger partial charge in [0.1, 0.15) is 23.4 Å². The molecule has 1 atom stereocenters. The summed E-state index contributed by atoms with van der Waals surface area (Å²) in [4.78, 5) is 27.6. The third-order valence-electron chi connectivity index (χ3n) is 6.29. The van der Waals surface area contributed by atoms with Crippen molar-refractivity contribution in [2.45, 2.75) is 44.7 Å². The van der Waals surface area contributed by atoms with E-state index in [1.54, 1.807) is 26.2 Å². The molecule has 0 heterocycles. The largest absolute Gasteiger partial charge is 0.497 e. The molecule has 0 saturated carbocycles. The van der Waals surface area contributed by atoms with Gasteiger partial charge in [0.25, 0.3) is 15.9 Å². The zero-order valence-corrected chi connectivity index (χ0v) is 24.4. The smallest absolute Gasteiger partial charge is 0.261 e. The number of benzene rings is 3. The molecule has 0 saturated heterocycles. The normalized spacial score (nSPS) is 12.0. The molecule has 2 N–H and O–H groups in total. The van der Waals surface area contributed by atoms with E-state index in [4.69, 9.17) is 9.47 Å². The van der Waals surface area contributed by atoms with E-state index >= 15 is 0 Å². The van der Waals surface area contributed by atoms with E-state index in [2.05, 4.69) is 23.9 Å². The first-order valence-corrected chi connectivity index (χ1v) is 14.7. The van der Waals surface area contributed by atoms with Crippen molar-refractivity contribution >= 4 is 27.5 Å². The van der Waals surface area contributed by atoms with Crippen LogP contribution in [0.3, 0.4) is 0 Å². The first-order chi connectivity index (χ1) is 19.5. The number of amides is 2. The lowest BCUT2D eigenvalue weighted by Gasteiger charge is -2.29. The molecular formula is C30H36FN3O6S. The molecule has 2 amide bonds. The summed E-state index contributed by atoms with van der Waals surface area (Å²) in [7, 11) is -2.35. The minimum Gasteiger partial charge on any atom is -0.497 e. The van der Waals surface area contributed by atoms with E-state index in [0.29, 0.717) is 18.2 Å². The Morgan fingerprint density at radius 3 is 2.10 bits per heavy atom. The van der Waals surface area contributed by atoms with Crippen LogP contribution in [0.15, 0.2) is 77.7 Å². The van der Waals surface area contributed by atoms with Gasteiger partial charge in [-0.3, -0.25) is 14.3 Å². The van der Waals surface area contributed by atoms with Crippen LogP contribution in [-0.4, -0.2) is 51.4 Å². The molecule has 3 aromatic rings. The number of carbonyl (C=O) groups is 2. The van der Waals surface area contributed by atoms with E-state index in [1.807, 2.05) is 12.1 Å². The van der Waals surface area contributed by atoms with Crippen molar-refractivity contribution in [3.05, 3.63) is 84.2 Å². The SMILES string of the molecule is COc1ccc(CN(C(=O)COc2ccc(S(=O)(=O)Nc3ccc(F)cc3)cc2)[C@H](C)C(=O)NCCC(C)C)cc1. The number of sulfonamides is 1. The predicted molar refractivity (Wildman–Crippen MR) is 155 cm³/mol. The molecular weight excluding hydrogens is 549 g/mol. The first kappa shape index (κ1) is 31.4. The molecule has 3 rings (SSSR count). The van der Waals surface area contributed by atoms with E-state index < -0.39 is 27.8 Å². The molecule has 0 aliphatic heterocycles. The molecule has 0 fully saturated rings. The van der Waals surface area contributed by atoms with Gasteiger partial charge in [-0.2, -0.15) is 0 Å². The quantitative estimate of drug-likeness (QED) is 0.286. The van der Waals surface area contributed by atoms with Crippen LogP contribution in [-0.2, 0) is 26.2 Å². The van der Waals surface area contributed by atoms with Crippen LogP contribution in [0.5, 0.6) is 11.5 Å². The highest BCUT2D eigenvalue weighted by molar-refractivity contribution is 7.92. The molecule has 9 nitrogen and oxygen atoms in total. The summed E-state index contributed by atoms with van der Waals surface area (Å²) in [6.45, 7) is 6.12. The van der Waals surface area contributed by atoms with Crippen molar-refractivity contribution in [2.24, 2.45) is 5.92 Å². The summed E-state index contributed by atoms with van der Waals surface area (Å²) >= 11 is 0. The molecule has 0 spiro atoms. The molecule has 0 aliphatic carbocycles. The van der Waals surface area contributed by atoms with Gasteiger partial charge in [0, 0.05) is 18.8 Å². The van der Waals surface area contributed by atoms with Gasteiger partial charge in [-0.15, -0.1) is 0 Å². The predicted octanol–water partition coefficient (Wildman–Crippen LogP) is 4.59. The maximum atomic E-state index is 13.3. The summed E-state index contributed by atoms with van der Waals surface area (Å²) in [5, 5.41) is 2.89. The summed E-state index contributed by atoms with van der Waals surface area (Å²) in [6.07, 6.45) is 0.819. The number of anilines is 1. The van der Waals surface area contributed by atoms with E-state index in [1.165, 1.54) is 41.3 Å². The Hall–Kier alpha value is -4.12. The van der Waals surface area contributed by atoms with Crippen LogP contribution in [0.2, 0.25) is 0 Å². The van der Waals surface area contributed by atoms with Crippen LogP contribution in [0.4, 0.5) is 10.1 Å². The number of rotatable bonds is 14. The Balaban J connectivity index is 1.67. The number of methoxy groups -OCH3 is 1. The monoisotopic (exact) mass is 585 g/mol. The second kappa shape index (κ2) is 14.5. The van der Waals surface area contributed by atoms with Crippen molar-refractivity contribution in [1.29, 1.82) is 0 Å². The Morgan fingerprint density at radius 2 is 1.51 bits per heavy atom. The molecule has 11 heteroatoms. The van der Waals surface area contributed by atoms with Crippen LogP contribution in [0.1, 0.15) is 32.8 Å². The lowest BCUT2D eigenvalue weighted by atomic mass is 10.1. The fraction of sp³-hybridized carbons (Fsp3) is 0.333.